The summed E-state index contributed by atoms with van der Waals surface area (Å²) in [7, 11) is 0. The second kappa shape index (κ2) is 10.1. The minimum Gasteiger partial charge on any atom is -0.481 e. The molecule has 1 aliphatic carbocycles. The first kappa shape index (κ1) is 24.4. The smallest absolute Gasteiger partial charge is 0.416 e. The van der Waals surface area contributed by atoms with Gasteiger partial charge >= 0.3 is 12.1 Å². The molecule has 3 nitrogen and oxygen atoms in total. The Hall–Kier alpha value is -2.24. The molecule has 1 aromatic carbocycles. The van der Waals surface area contributed by atoms with E-state index in [2.05, 4.69) is 49.9 Å². The summed E-state index contributed by atoms with van der Waals surface area (Å²) in [4.78, 5) is 13.9. The zero-order valence-corrected chi connectivity index (χ0v) is 19.1. The van der Waals surface area contributed by atoms with Crippen LogP contribution in [-0.2, 0) is 4.79 Å². The Bertz CT molecular complexity index is 842. The van der Waals surface area contributed by atoms with Crippen LogP contribution in [0.2, 0.25) is 0 Å². The summed E-state index contributed by atoms with van der Waals surface area (Å²) in [5.74, 6) is -0.321. The van der Waals surface area contributed by atoms with Crippen molar-refractivity contribution in [3.05, 3.63) is 53.6 Å². The normalized spacial score (nSPS) is 26.3. The molecule has 1 aromatic rings. The Morgan fingerprint density at radius 2 is 1.91 bits per heavy atom. The average Bonchev–Trinajstić information content (AvgIpc) is 2.74. The first-order valence-electron chi connectivity index (χ1n) is 11.7. The molecule has 6 heteroatoms. The molecule has 32 heavy (non-hydrogen) atoms. The topological polar surface area (TPSA) is 40.5 Å². The van der Waals surface area contributed by atoms with Gasteiger partial charge in [0.25, 0.3) is 0 Å². The van der Waals surface area contributed by atoms with E-state index in [0.717, 1.165) is 24.9 Å². The molecule has 1 fully saturated rings. The second-order valence-electron chi connectivity index (χ2n) is 9.45. The third-order valence-corrected chi connectivity index (χ3v) is 6.99. The molecule has 0 radical (unpaired) electrons. The summed E-state index contributed by atoms with van der Waals surface area (Å²) in [6, 6.07) is 8.42. The van der Waals surface area contributed by atoms with Crippen molar-refractivity contribution in [2.45, 2.75) is 71.0 Å². The molecule has 0 amide bonds. The maximum absolute atomic E-state index is 13.2. The van der Waals surface area contributed by atoms with Crippen LogP contribution in [0.1, 0.15) is 64.4 Å². The van der Waals surface area contributed by atoms with Crippen LogP contribution in [0.15, 0.2) is 48.1 Å². The van der Waals surface area contributed by atoms with Crippen molar-refractivity contribution in [3.63, 3.8) is 0 Å². The molecule has 3 rings (SSSR count). The molecule has 1 aliphatic heterocycles. The minimum absolute atomic E-state index is 0.0276. The minimum atomic E-state index is -4.34. The summed E-state index contributed by atoms with van der Waals surface area (Å²) >= 11 is 0. The zero-order chi connectivity index (χ0) is 23.5. The van der Waals surface area contributed by atoms with Crippen LogP contribution in [0.4, 0.5) is 18.9 Å². The van der Waals surface area contributed by atoms with Crippen molar-refractivity contribution in [3.8, 4) is 0 Å². The summed E-state index contributed by atoms with van der Waals surface area (Å²) in [6.45, 7) is 7.08. The second-order valence-corrected chi connectivity index (χ2v) is 9.45. The molecule has 0 aromatic heterocycles. The van der Waals surface area contributed by atoms with Gasteiger partial charge in [-0.15, -0.1) is 0 Å². The van der Waals surface area contributed by atoms with E-state index in [4.69, 9.17) is 0 Å². The molecule has 1 N–H and O–H groups in total. The largest absolute Gasteiger partial charge is 0.481 e. The first-order chi connectivity index (χ1) is 15.1. The predicted molar refractivity (Wildman–Crippen MR) is 122 cm³/mol. The van der Waals surface area contributed by atoms with Crippen molar-refractivity contribution >= 4 is 11.7 Å². The Kier molecular flexibility index (Phi) is 7.73. The Balaban J connectivity index is 1.95. The Labute approximate surface area is 189 Å². The van der Waals surface area contributed by atoms with Gasteiger partial charge in [0, 0.05) is 30.6 Å². The molecule has 176 valence electrons. The van der Waals surface area contributed by atoms with E-state index < -0.39 is 17.7 Å². The van der Waals surface area contributed by atoms with Gasteiger partial charge in [0.1, 0.15) is 0 Å². The fourth-order valence-electron chi connectivity index (χ4n) is 5.40. The standard InChI is InChI=1S/C26H34F3NO2/c1-4-5-23-20(16-24(31)32)14-15-30(22-12-8-18(9-13-22)17(2)3)25(23)19-6-10-21(11-7-19)26(27,28)29/h6,8-13,17,19-20,23,25H,4-5,7,14-16H2,1-3H3,(H,31,32)/t19?,20-,23-,25+/m1/s1. The lowest BCUT2D eigenvalue weighted by Gasteiger charge is -2.50. The number of hydrogen-bond acceptors (Lipinski definition) is 2. The number of nitrogens with zero attached hydrogens (tertiary/aromatic N) is 1. The van der Waals surface area contributed by atoms with Gasteiger partial charge in [-0.3, -0.25) is 4.79 Å². The van der Waals surface area contributed by atoms with E-state index >= 15 is 0 Å². The van der Waals surface area contributed by atoms with Gasteiger partial charge in [-0.2, -0.15) is 13.2 Å². The van der Waals surface area contributed by atoms with E-state index in [1.807, 2.05) is 0 Å². The van der Waals surface area contributed by atoms with Crippen molar-refractivity contribution in [2.24, 2.45) is 17.8 Å². The number of rotatable bonds is 7. The van der Waals surface area contributed by atoms with Gasteiger partial charge in [-0.25, -0.2) is 0 Å². The number of hydrogen-bond donors (Lipinski definition) is 1. The maximum atomic E-state index is 13.2. The van der Waals surface area contributed by atoms with E-state index in [0.29, 0.717) is 18.9 Å². The van der Waals surface area contributed by atoms with Crippen molar-refractivity contribution in [2.75, 3.05) is 11.4 Å². The number of allylic oxidation sites excluding steroid dienone is 3. The fraction of sp³-hybridized carbons (Fsp3) is 0.577. The highest BCUT2D eigenvalue weighted by Crippen LogP contribution is 2.43. The zero-order valence-electron chi connectivity index (χ0n) is 19.1. The average molecular weight is 450 g/mol. The van der Waals surface area contributed by atoms with E-state index in [-0.39, 0.29) is 30.2 Å². The lowest BCUT2D eigenvalue weighted by atomic mass is 9.69. The highest BCUT2D eigenvalue weighted by atomic mass is 19.4. The van der Waals surface area contributed by atoms with Gasteiger partial charge in [0.2, 0.25) is 0 Å². The van der Waals surface area contributed by atoms with Crippen LogP contribution < -0.4 is 4.90 Å². The number of carboxylic acids is 1. The SMILES string of the molecule is CCC[C@@H]1[C@@H](CC(=O)O)CCN(c2ccc(C(C)C)cc2)[C@H]1C1C=CC(C(F)(F)F)=CC1. The lowest BCUT2D eigenvalue weighted by molar-refractivity contribution is -0.139. The van der Waals surface area contributed by atoms with Crippen LogP contribution in [-0.4, -0.2) is 29.8 Å². The number of anilines is 1. The highest BCUT2D eigenvalue weighted by molar-refractivity contribution is 5.67. The predicted octanol–water partition coefficient (Wildman–Crippen LogP) is 6.96. The van der Waals surface area contributed by atoms with Gasteiger partial charge in [0.15, 0.2) is 0 Å². The molecular weight excluding hydrogens is 415 g/mol. The molecule has 1 unspecified atom stereocenters. The first-order valence-corrected chi connectivity index (χ1v) is 11.7. The van der Waals surface area contributed by atoms with E-state index in [9.17, 15) is 23.1 Å². The van der Waals surface area contributed by atoms with Crippen LogP contribution in [0.5, 0.6) is 0 Å². The number of alkyl halides is 3. The van der Waals surface area contributed by atoms with Crippen LogP contribution >= 0.6 is 0 Å². The number of aliphatic carboxylic acids is 1. The summed E-state index contributed by atoms with van der Waals surface area (Å²) in [5, 5.41) is 9.48. The highest BCUT2D eigenvalue weighted by Gasteiger charge is 2.43. The Morgan fingerprint density at radius 3 is 2.41 bits per heavy atom. The third kappa shape index (κ3) is 5.57. The molecule has 0 saturated carbocycles. The van der Waals surface area contributed by atoms with Crippen molar-refractivity contribution in [1.82, 2.24) is 0 Å². The molecule has 1 saturated heterocycles. The summed E-state index contributed by atoms with van der Waals surface area (Å²) < 4.78 is 39.5. The summed E-state index contributed by atoms with van der Waals surface area (Å²) in [6.07, 6.45) is 2.86. The van der Waals surface area contributed by atoms with Crippen molar-refractivity contribution < 1.29 is 23.1 Å². The van der Waals surface area contributed by atoms with Crippen LogP contribution in [0.25, 0.3) is 0 Å². The molecule has 0 spiro atoms. The van der Waals surface area contributed by atoms with E-state index in [1.54, 1.807) is 6.08 Å². The van der Waals surface area contributed by atoms with E-state index in [1.165, 1.54) is 17.7 Å². The Morgan fingerprint density at radius 1 is 1.22 bits per heavy atom. The number of carboxylic acid groups (broad SMARTS) is 1. The van der Waals surface area contributed by atoms with Crippen LogP contribution in [0.3, 0.4) is 0 Å². The molecule has 2 aliphatic rings. The monoisotopic (exact) mass is 449 g/mol. The number of carbonyl (C=O) groups is 1. The number of halogens is 3. The maximum Gasteiger partial charge on any atom is 0.416 e. The van der Waals surface area contributed by atoms with Crippen molar-refractivity contribution in [1.29, 1.82) is 0 Å². The van der Waals surface area contributed by atoms with Gasteiger partial charge in [-0.05, 0) is 54.7 Å². The fourth-order valence-corrected chi connectivity index (χ4v) is 5.40. The van der Waals surface area contributed by atoms with Crippen LogP contribution in [0, 0.1) is 17.8 Å². The molecule has 4 atom stereocenters. The number of benzene rings is 1. The molecular formula is C26H34F3NO2. The van der Waals surface area contributed by atoms with Gasteiger partial charge < -0.3 is 10.0 Å². The third-order valence-electron chi connectivity index (χ3n) is 6.99. The quantitative estimate of drug-likeness (QED) is 0.489. The van der Waals surface area contributed by atoms with Gasteiger partial charge in [-0.1, -0.05) is 57.6 Å². The summed E-state index contributed by atoms with van der Waals surface area (Å²) in [5.41, 5.74) is 1.71. The lowest BCUT2D eigenvalue weighted by Crippen LogP contribution is -2.53. The molecule has 1 heterocycles. The number of piperidine rings is 1. The molecule has 0 bridgehead atoms. The van der Waals surface area contributed by atoms with Gasteiger partial charge in [0.05, 0.1) is 5.57 Å².